The first-order valence-electron chi connectivity index (χ1n) is 15.5. The minimum absolute atomic E-state index is 0.0881. The van der Waals surface area contributed by atoms with Crippen molar-refractivity contribution in [3.63, 3.8) is 0 Å². The molecule has 1 N–H and O–H groups in total. The van der Waals surface area contributed by atoms with Crippen LogP contribution in [0.3, 0.4) is 0 Å². The molecule has 1 aromatic carbocycles. The SMILES string of the molecule is COC(=O)c1ccc([C@H]2C[C@]3(C)C(OC(F)(F)C(F)(F)F)CCC3C3CC[C@@]4(O)CC5(CCC4=C32)OCC(C)(C)CO5)cc1. The molecule has 3 saturated carbocycles. The van der Waals surface area contributed by atoms with Gasteiger partial charge in [-0.3, -0.25) is 0 Å². The number of halogens is 5. The molecular weight excluding hydrogens is 587 g/mol. The Morgan fingerprint density at radius 3 is 2.25 bits per heavy atom. The molecule has 0 amide bonds. The summed E-state index contributed by atoms with van der Waals surface area (Å²) in [7, 11) is 1.28. The minimum atomic E-state index is -5.82. The molecular formula is C33H41F5O6. The van der Waals surface area contributed by atoms with Gasteiger partial charge in [-0.15, -0.1) is 0 Å². The van der Waals surface area contributed by atoms with Crippen LogP contribution in [0.1, 0.15) is 94.0 Å². The number of rotatable bonds is 4. The van der Waals surface area contributed by atoms with Crippen LogP contribution in [0.4, 0.5) is 22.0 Å². The number of hydrogen-bond acceptors (Lipinski definition) is 6. The Morgan fingerprint density at radius 2 is 1.64 bits per heavy atom. The lowest BCUT2D eigenvalue weighted by molar-refractivity contribution is -0.408. The van der Waals surface area contributed by atoms with Gasteiger partial charge in [-0.05, 0) is 79.0 Å². The number of allylic oxidation sites excluding steroid dienone is 1. The van der Waals surface area contributed by atoms with Crippen LogP contribution in [-0.4, -0.2) is 61.2 Å². The topological polar surface area (TPSA) is 74.2 Å². The quantitative estimate of drug-likeness (QED) is 0.214. The summed E-state index contributed by atoms with van der Waals surface area (Å²) < 4.78 is 90.3. The largest absolute Gasteiger partial charge is 0.482 e. The number of alkyl halides is 5. The summed E-state index contributed by atoms with van der Waals surface area (Å²) in [6.45, 7) is 6.93. The second-order valence-electron chi connectivity index (χ2n) is 14.6. The number of fused-ring (bicyclic) bond motifs is 4. The van der Waals surface area contributed by atoms with Crippen molar-refractivity contribution in [1.29, 1.82) is 0 Å². The average Bonchev–Trinajstić information content (AvgIpc) is 3.28. The first-order chi connectivity index (χ1) is 20.4. The van der Waals surface area contributed by atoms with Gasteiger partial charge < -0.3 is 24.1 Å². The maximum atomic E-state index is 14.3. The lowest BCUT2D eigenvalue weighted by Gasteiger charge is -2.57. The van der Waals surface area contributed by atoms with E-state index >= 15 is 0 Å². The van der Waals surface area contributed by atoms with E-state index in [1.807, 2.05) is 0 Å². The second-order valence-corrected chi connectivity index (χ2v) is 14.6. The summed E-state index contributed by atoms with van der Waals surface area (Å²) in [4.78, 5) is 12.1. The molecule has 11 heteroatoms. The molecule has 1 aromatic rings. The highest BCUT2D eigenvalue weighted by Gasteiger charge is 2.66. The third-order valence-electron chi connectivity index (χ3n) is 11.1. The molecule has 1 spiro atoms. The smallest absolute Gasteiger partial charge is 0.465 e. The third-order valence-corrected chi connectivity index (χ3v) is 11.1. The highest BCUT2D eigenvalue weighted by molar-refractivity contribution is 5.89. The van der Waals surface area contributed by atoms with Gasteiger partial charge in [0.1, 0.15) is 0 Å². The molecule has 4 aliphatic carbocycles. The summed E-state index contributed by atoms with van der Waals surface area (Å²) in [6, 6.07) is 6.83. The van der Waals surface area contributed by atoms with E-state index in [-0.39, 0.29) is 42.4 Å². The van der Waals surface area contributed by atoms with Crippen molar-refractivity contribution in [3.05, 3.63) is 46.5 Å². The van der Waals surface area contributed by atoms with E-state index in [2.05, 4.69) is 18.6 Å². The average molecular weight is 629 g/mol. The standard InChI is InChI=1S/C33H41F5O6/c1-28(2)17-42-31(43-18-28)14-12-24-26-21(11-13-30(24,40)16-31)23-9-10-25(44-33(37,38)32(34,35)36)29(23,3)15-22(26)19-5-7-20(8-6-19)27(39)41-4/h5-8,21-23,25,40H,9-18H2,1-4H3/t21?,22-,23?,25?,29+,30-/m1/s1. The van der Waals surface area contributed by atoms with Crippen molar-refractivity contribution < 1.29 is 50.8 Å². The van der Waals surface area contributed by atoms with Crippen molar-refractivity contribution in [1.82, 2.24) is 0 Å². The van der Waals surface area contributed by atoms with Crippen LogP contribution in [0.5, 0.6) is 0 Å². The Hall–Kier alpha value is -2.08. The molecule has 6 atom stereocenters. The molecule has 0 radical (unpaired) electrons. The van der Waals surface area contributed by atoms with E-state index in [0.29, 0.717) is 50.9 Å². The molecule has 0 bridgehead atoms. The predicted octanol–water partition coefficient (Wildman–Crippen LogP) is 7.31. The Balaban J connectivity index is 1.40. The molecule has 6 nitrogen and oxygen atoms in total. The Morgan fingerprint density at radius 1 is 0.977 bits per heavy atom. The molecule has 244 valence electrons. The first kappa shape index (κ1) is 31.9. The van der Waals surface area contributed by atoms with Crippen LogP contribution in [0.25, 0.3) is 0 Å². The van der Waals surface area contributed by atoms with Crippen LogP contribution in [0, 0.1) is 22.7 Å². The van der Waals surface area contributed by atoms with E-state index < -0.39 is 41.2 Å². The molecule has 5 aliphatic rings. The number of benzene rings is 1. The zero-order valence-electron chi connectivity index (χ0n) is 25.6. The van der Waals surface area contributed by atoms with Crippen molar-refractivity contribution in [3.8, 4) is 0 Å². The van der Waals surface area contributed by atoms with Gasteiger partial charge in [0.05, 0.1) is 37.6 Å². The molecule has 4 fully saturated rings. The summed E-state index contributed by atoms with van der Waals surface area (Å²) in [5, 5.41) is 12.3. The highest BCUT2D eigenvalue weighted by Crippen LogP contribution is 2.66. The van der Waals surface area contributed by atoms with Crippen LogP contribution >= 0.6 is 0 Å². The van der Waals surface area contributed by atoms with Crippen molar-refractivity contribution in [2.45, 2.75) is 108 Å². The number of carbonyl (C=O) groups is 1. The van der Waals surface area contributed by atoms with Gasteiger partial charge >= 0.3 is 18.3 Å². The molecule has 1 aliphatic heterocycles. The van der Waals surface area contributed by atoms with Crippen LogP contribution in [0.2, 0.25) is 0 Å². The maximum Gasteiger partial charge on any atom is 0.482 e. The summed E-state index contributed by atoms with van der Waals surface area (Å²) >= 11 is 0. The van der Waals surface area contributed by atoms with Crippen molar-refractivity contribution >= 4 is 5.97 Å². The maximum absolute atomic E-state index is 14.3. The fourth-order valence-corrected chi connectivity index (χ4v) is 8.91. The normalized spacial score (nSPS) is 36.4. The van der Waals surface area contributed by atoms with Gasteiger partial charge in [0, 0.05) is 24.2 Å². The lowest BCUT2D eigenvalue weighted by atomic mass is 9.51. The highest BCUT2D eigenvalue weighted by atomic mass is 19.4. The molecule has 0 aromatic heterocycles. The fraction of sp³-hybridized carbons (Fsp3) is 0.727. The first-order valence-corrected chi connectivity index (χ1v) is 15.5. The number of ether oxygens (including phenoxy) is 4. The summed E-state index contributed by atoms with van der Waals surface area (Å²) in [5.74, 6) is -2.08. The molecule has 6 rings (SSSR count). The van der Waals surface area contributed by atoms with E-state index in [4.69, 9.17) is 14.2 Å². The van der Waals surface area contributed by atoms with Gasteiger partial charge in [-0.2, -0.15) is 22.0 Å². The lowest BCUT2D eigenvalue weighted by Crippen LogP contribution is -2.57. The van der Waals surface area contributed by atoms with Crippen LogP contribution in [0.15, 0.2) is 35.4 Å². The minimum Gasteiger partial charge on any atom is -0.465 e. The van der Waals surface area contributed by atoms with Gasteiger partial charge in [-0.1, -0.05) is 38.5 Å². The Bertz CT molecular complexity index is 1310. The predicted molar refractivity (Wildman–Crippen MR) is 149 cm³/mol. The van der Waals surface area contributed by atoms with Crippen LogP contribution in [-0.2, 0) is 18.9 Å². The van der Waals surface area contributed by atoms with Crippen molar-refractivity contribution in [2.75, 3.05) is 20.3 Å². The molecule has 3 unspecified atom stereocenters. The number of carbonyl (C=O) groups excluding carboxylic acids is 1. The Kier molecular flexibility index (Phi) is 7.59. The van der Waals surface area contributed by atoms with Gasteiger partial charge in [0.2, 0.25) is 0 Å². The fourth-order valence-electron chi connectivity index (χ4n) is 8.91. The van der Waals surface area contributed by atoms with Gasteiger partial charge in [-0.25, -0.2) is 4.79 Å². The number of methoxy groups -OCH3 is 1. The third kappa shape index (κ3) is 5.19. The molecule has 1 saturated heterocycles. The summed E-state index contributed by atoms with van der Waals surface area (Å²) in [5.41, 5.74) is 0.791. The number of esters is 1. The zero-order valence-corrected chi connectivity index (χ0v) is 25.6. The van der Waals surface area contributed by atoms with Crippen molar-refractivity contribution in [2.24, 2.45) is 22.7 Å². The summed E-state index contributed by atoms with van der Waals surface area (Å²) in [6.07, 6.45) is -9.24. The van der Waals surface area contributed by atoms with Crippen LogP contribution < -0.4 is 0 Å². The number of aliphatic hydroxyl groups is 1. The van der Waals surface area contributed by atoms with E-state index in [1.54, 1.807) is 31.2 Å². The zero-order chi connectivity index (χ0) is 31.9. The monoisotopic (exact) mass is 628 g/mol. The van der Waals surface area contributed by atoms with Gasteiger partial charge in [0.25, 0.3) is 0 Å². The molecule has 1 heterocycles. The van der Waals surface area contributed by atoms with Gasteiger partial charge in [0.15, 0.2) is 5.79 Å². The second kappa shape index (κ2) is 10.5. The molecule has 44 heavy (non-hydrogen) atoms. The number of hydrogen-bond donors (Lipinski definition) is 1. The Labute approximate surface area is 254 Å². The van der Waals surface area contributed by atoms with E-state index in [9.17, 15) is 31.9 Å². The van der Waals surface area contributed by atoms with E-state index in [1.165, 1.54) is 7.11 Å². The van der Waals surface area contributed by atoms with E-state index in [0.717, 1.165) is 16.7 Å².